The van der Waals surface area contributed by atoms with Crippen LogP contribution in [0.15, 0.2) is 153 Å². The van der Waals surface area contributed by atoms with Crippen molar-refractivity contribution in [1.29, 1.82) is 0 Å². The maximum atomic E-state index is 13.7. The third kappa shape index (κ3) is 8.56. The number of anilines is 2. The summed E-state index contributed by atoms with van der Waals surface area (Å²) in [5.41, 5.74) is 6.21. The molecule has 0 saturated carbocycles. The minimum atomic E-state index is -3.73. The number of pyridine rings is 2. The van der Waals surface area contributed by atoms with Gasteiger partial charge in [0.25, 0.3) is 0 Å². The van der Waals surface area contributed by atoms with Crippen molar-refractivity contribution in [3.63, 3.8) is 0 Å². The molecule has 1 N–H and O–H groups in total. The molecular formula is C47H48N4O5S2. The molecule has 0 spiro atoms. The van der Waals surface area contributed by atoms with Crippen molar-refractivity contribution in [3.05, 3.63) is 150 Å². The molecule has 58 heavy (non-hydrogen) atoms. The number of aromatic nitrogens is 2. The Morgan fingerprint density at radius 2 is 1.28 bits per heavy atom. The third-order valence-electron chi connectivity index (χ3n) is 10.7. The van der Waals surface area contributed by atoms with Crippen molar-refractivity contribution < 1.29 is 21.6 Å². The lowest BCUT2D eigenvalue weighted by atomic mass is 9.98. The Kier molecular flexibility index (Phi) is 12.1. The molecule has 0 bridgehead atoms. The van der Waals surface area contributed by atoms with Gasteiger partial charge in [-0.2, -0.15) is 0 Å². The van der Waals surface area contributed by atoms with Gasteiger partial charge < -0.3 is 15.0 Å². The summed E-state index contributed by atoms with van der Waals surface area (Å²) in [6, 6.07) is 37.1. The topological polar surface area (TPSA) is 119 Å². The second-order valence-corrected chi connectivity index (χ2v) is 18.5. The molecule has 3 heterocycles. The molecule has 9 nitrogen and oxygen atoms in total. The van der Waals surface area contributed by atoms with E-state index in [1.165, 1.54) is 18.0 Å². The zero-order chi connectivity index (χ0) is 40.9. The summed E-state index contributed by atoms with van der Waals surface area (Å²) in [7, 11) is -5.87. The number of aryl methyl sites for hydroxylation is 2. The van der Waals surface area contributed by atoms with Crippen LogP contribution in [-0.4, -0.2) is 47.0 Å². The highest BCUT2D eigenvalue weighted by atomic mass is 32.2. The van der Waals surface area contributed by atoms with E-state index in [1.54, 1.807) is 55.6 Å². The quantitative estimate of drug-likeness (QED) is 0.144. The molecule has 0 amide bonds. The van der Waals surface area contributed by atoms with E-state index < -0.39 is 19.7 Å². The SMILES string of the molecule is CCc1ccc2ncc(S(=O)(=O)c3ccc(OC)cc3)c(N3CCC(C)CC3)c2c1.Cc1ccc(S(=O)(=O)c2cnc3ccccc3c2NCc2ccccc2)cc1. The number of nitrogens with one attached hydrogen (secondary N) is 1. The largest absolute Gasteiger partial charge is 0.497 e. The lowest BCUT2D eigenvalue weighted by molar-refractivity contribution is 0.414. The van der Waals surface area contributed by atoms with Gasteiger partial charge in [0.1, 0.15) is 15.5 Å². The van der Waals surface area contributed by atoms with E-state index in [2.05, 4.69) is 46.2 Å². The van der Waals surface area contributed by atoms with Crippen LogP contribution in [0, 0.1) is 12.8 Å². The summed E-state index contributed by atoms with van der Waals surface area (Å²) in [6.45, 7) is 8.51. The zero-order valence-corrected chi connectivity index (χ0v) is 34.9. The van der Waals surface area contributed by atoms with Gasteiger partial charge >= 0.3 is 0 Å². The fourth-order valence-corrected chi connectivity index (χ4v) is 10.0. The predicted molar refractivity (Wildman–Crippen MR) is 232 cm³/mol. The normalized spacial score (nSPS) is 13.6. The Labute approximate surface area is 341 Å². The first-order chi connectivity index (χ1) is 28.0. The average molecular weight is 813 g/mol. The van der Waals surface area contributed by atoms with Gasteiger partial charge in [0.2, 0.25) is 19.7 Å². The Bertz CT molecular complexity index is 2750. The summed E-state index contributed by atoms with van der Waals surface area (Å²) < 4.78 is 59.2. The number of fused-ring (bicyclic) bond motifs is 2. The number of hydrogen-bond donors (Lipinski definition) is 1. The van der Waals surface area contributed by atoms with Crippen LogP contribution in [0.3, 0.4) is 0 Å². The van der Waals surface area contributed by atoms with Crippen molar-refractivity contribution in [1.82, 2.24) is 9.97 Å². The molecule has 11 heteroatoms. The number of hydrogen-bond acceptors (Lipinski definition) is 9. The van der Waals surface area contributed by atoms with Crippen LogP contribution < -0.4 is 15.0 Å². The van der Waals surface area contributed by atoms with E-state index >= 15 is 0 Å². The van der Waals surface area contributed by atoms with E-state index in [0.29, 0.717) is 23.9 Å². The minimum Gasteiger partial charge on any atom is -0.497 e. The van der Waals surface area contributed by atoms with Crippen LogP contribution in [0.1, 0.15) is 43.4 Å². The smallest absolute Gasteiger partial charge is 0.210 e. The first kappa shape index (κ1) is 40.4. The lowest BCUT2D eigenvalue weighted by Crippen LogP contribution is -2.34. The van der Waals surface area contributed by atoms with Crippen molar-refractivity contribution in [3.8, 4) is 5.75 Å². The fraction of sp³-hybridized carbons (Fsp3) is 0.234. The molecular weight excluding hydrogens is 765 g/mol. The van der Waals surface area contributed by atoms with E-state index in [-0.39, 0.29) is 19.6 Å². The van der Waals surface area contributed by atoms with Gasteiger partial charge in [-0.05, 0) is 97.8 Å². The van der Waals surface area contributed by atoms with Gasteiger partial charge in [-0.15, -0.1) is 0 Å². The van der Waals surface area contributed by atoms with E-state index in [9.17, 15) is 16.8 Å². The first-order valence-electron chi connectivity index (χ1n) is 19.5. The van der Waals surface area contributed by atoms with Gasteiger partial charge in [0.15, 0.2) is 0 Å². The number of ether oxygens (including phenoxy) is 1. The van der Waals surface area contributed by atoms with Crippen molar-refractivity contribution >= 4 is 52.9 Å². The van der Waals surface area contributed by atoms with Gasteiger partial charge in [-0.1, -0.05) is 86.1 Å². The lowest BCUT2D eigenvalue weighted by Gasteiger charge is -2.34. The van der Waals surface area contributed by atoms with E-state index in [4.69, 9.17) is 4.74 Å². The molecule has 2 aromatic heterocycles. The molecule has 1 aliphatic rings. The highest BCUT2D eigenvalue weighted by Crippen LogP contribution is 2.39. The summed E-state index contributed by atoms with van der Waals surface area (Å²) in [5.74, 6) is 1.28. The number of sulfone groups is 2. The number of rotatable bonds is 10. The molecule has 1 fully saturated rings. The van der Waals surface area contributed by atoms with E-state index in [1.807, 2.05) is 67.6 Å². The van der Waals surface area contributed by atoms with Crippen LogP contribution in [0.5, 0.6) is 5.75 Å². The summed E-state index contributed by atoms with van der Waals surface area (Å²) in [4.78, 5) is 12.1. The Balaban J connectivity index is 0.000000177. The molecule has 0 aliphatic carbocycles. The van der Waals surface area contributed by atoms with Crippen molar-refractivity contribution in [2.75, 3.05) is 30.4 Å². The molecule has 1 saturated heterocycles. The molecule has 0 unspecified atom stereocenters. The second kappa shape index (κ2) is 17.4. The monoisotopic (exact) mass is 812 g/mol. The van der Waals surface area contributed by atoms with Gasteiger partial charge in [-0.25, -0.2) is 16.8 Å². The molecule has 1 aliphatic heterocycles. The molecule has 298 valence electrons. The van der Waals surface area contributed by atoms with Gasteiger partial charge in [-0.3, -0.25) is 9.97 Å². The molecule has 8 rings (SSSR count). The number of benzene rings is 5. The first-order valence-corrected chi connectivity index (χ1v) is 22.5. The van der Waals surface area contributed by atoms with Crippen LogP contribution in [0.2, 0.25) is 0 Å². The summed E-state index contributed by atoms with van der Waals surface area (Å²) >= 11 is 0. The predicted octanol–water partition coefficient (Wildman–Crippen LogP) is 9.86. The van der Waals surface area contributed by atoms with Crippen LogP contribution in [0.25, 0.3) is 21.8 Å². The van der Waals surface area contributed by atoms with Crippen LogP contribution in [0.4, 0.5) is 11.4 Å². The molecule has 7 aromatic rings. The maximum absolute atomic E-state index is 13.7. The number of nitrogens with zero attached hydrogens (tertiary/aromatic N) is 3. The van der Waals surface area contributed by atoms with Crippen LogP contribution >= 0.6 is 0 Å². The Hall–Kier alpha value is -5.78. The van der Waals surface area contributed by atoms with Gasteiger partial charge in [0, 0.05) is 42.8 Å². The van der Waals surface area contributed by atoms with E-state index in [0.717, 1.165) is 71.0 Å². The van der Waals surface area contributed by atoms with Crippen molar-refractivity contribution in [2.45, 2.75) is 66.2 Å². The van der Waals surface area contributed by atoms with Gasteiger partial charge in [0.05, 0.1) is 39.3 Å². The standard InChI is InChI=1S/C24H28N2O3S.C23H20N2O2S/c1-4-18-5-10-22-21(15-18)24(26-13-11-17(2)12-14-26)23(16-25-22)30(27,28)20-8-6-19(29-3)7-9-20;1-17-11-13-19(14-12-17)28(26,27)22-16-24-21-10-6-5-9-20(21)23(22)25-15-18-7-3-2-4-8-18/h5-10,15-17H,4,11-14H2,1-3H3;2-14,16H,15H2,1H3,(H,24,25). The number of para-hydroxylation sites is 1. The summed E-state index contributed by atoms with van der Waals surface area (Å²) in [5, 5.41) is 5.04. The Morgan fingerprint density at radius 3 is 1.93 bits per heavy atom. The molecule has 0 atom stereocenters. The number of methoxy groups -OCH3 is 1. The Morgan fingerprint density at radius 1 is 0.690 bits per heavy atom. The fourth-order valence-electron chi connectivity index (χ4n) is 7.20. The zero-order valence-electron chi connectivity index (χ0n) is 33.2. The highest BCUT2D eigenvalue weighted by Gasteiger charge is 2.29. The average Bonchev–Trinajstić information content (AvgIpc) is 3.26. The highest BCUT2D eigenvalue weighted by molar-refractivity contribution is 7.92. The molecule has 0 radical (unpaired) electrons. The summed E-state index contributed by atoms with van der Waals surface area (Å²) in [6.07, 6.45) is 5.98. The number of piperidine rings is 1. The molecule has 5 aromatic carbocycles. The minimum absolute atomic E-state index is 0.186. The van der Waals surface area contributed by atoms with Crippen molar-refractivity contribution in [2.24, 2.45) is 5.92 Å². The third-order valence-corrected chi connectivity index (χ3v) is 14.3. The van der Waals surface area contributed by atoms with Crippen LogP contribution in [-0.2, 0) is 32.6 Å². The maximum Gasteiger partial charge on any atom is 0.210 e. The second-order valence-electron chi connectivity index (χ2n) is 14.7.